The first-order chi connectivity index (χ1) is 10.8. The highest BCUT2D eigenvalue weighted by Gasteiger charge is 2.31. The zero-order valence-corrected chi connectivity index (χ0v) is 14.4. The fraction of sp³-hybridized carbons (Fsp3) is 0.250. The number of thioether (sulfide) groups is 1. The van der Waals surface area contributed by atoms with Gasteiger partial charge in [-0.25, -0.2) is 0 Å². The number of benzene rings is 1. The van der Waals surface area contributed by atoms with Gasteiger partial charge < -0.3 is 0 Å². The predicted octanol–water partition coefficient (Wildman–Crippen LogP) is 4.11. The molecule has 0 atom stereocenters. The lowest BCUT2D eigenvalue weighted by molar-refractivity contribution is -0.385. The van der Waals surface area contributed by atoms with E-state index in [0.717, 1.165) is 0 Å². The monoisotopic (exact) mass is 348 g/mol. The van der Waals surface area contributed by atoms with E-state index >= 15 is 0 Å². The molecule has 23 heavy (non-hydrogen) atoms. The van der Waals surface area contributed by atoms with Gasteiger partial charge in [0.2, 0.25) is 0 Å². The summed E-state index contributed by atoms with van der Waals surface area (Å²) in [4.78, 5) is 25.0. The molecule has 1 aliphatic heterocycles. The van der Waals surface area contributed by atoms with E-state index in [1.165, 1.54) is 22.7 Å². The van der Waals surface area contributed by atoms with E-state index in [4.69, 9.17) is 12.2 Å². The molecule has 0 spiro atoms. The van der Waals surface area contributed by atoms with E-state index in [0.29, 0.717) is 26.9 Å². The summed E-state index contributed by atoms with van der Waals surface area (Å²) in [6.45, 7) is 7.77. The van der Waals surface area contributed by atoms with Gasteiger partial charge >= 0.3 is 0 Å². The van der Waals surface area contributed by atoms with Crippen LogP contribution in [0.4, 0.5) is 5.69 Å². The number of carbonyl (C=O) groups excluding carboxylic acids is 1. The molecule has 7 heteroatoms. The summed E-state index contributed by atoms with van der Waals surface area (Å²) < 4.78 is 0.467. The zero-order chi connectivity index (χ0) is 17.1. The molecule has 2 rings (SSSR count). The number of nitro benzene ring substituents is 1. The van der Waals surface area contributed by atoms with Crippen LogP contribution in [0, 0.1) is 10.1 Å². The Morgan fingerprint density at radius 2 is 2.17 bits per heavy atom. The van der Waals surface area contributed by atoms with Crippen molar-refractivity contribution in [3.63, 3.8) is 0 Å². The summed E-state index contributed by atoms with van der Waals surface area (Å²) in [5.41, 5.74) is 1.35. The van der Waals surface area contributed by atoms with Gasteiger partial charge in [-0.15, -0.1) is 6.58 Å². The maximum absolute atomic E-state index is 12.3. The van der Waals surface area contributed by atoms with Crippen LogP contribution in [0.25, 0.3) is 6.08 Å². The fourth-order valence-electron chi connectivity index (χ4n) is 2.23. The molecule has 1 aromatic rings. The Kier molecular flexibility index (Phi) is 5.33. The summed E-state index contributed by atoms with van der Waals surface area (Å²) in [5, 5.41) is 11.2. The van der Waals surface area contributed by atoms with Crippen LogP contribution in [0.1, 0.15) is 30.9 Å². The predicted molar refractivity (Wildman–Crippen MR) is 97.3 cm³/mol. The lowest BCUT2D eigenvalue weighted by Gasteiger charge is -2.10. The number of rotatable bonds is 5. The smallest absolute Gasteiger partial charge is 0.273 e. The zero-order valence-electron chi connectivity index (χ0n) is 12.8. The maximum Gasteiger partial charge on any atom is 0.273 e. The normalized spacial score (nSPS) is 16.5. The number of nitrogens with zero attached hydrogens (tertiary/aromatic N) is 2. The molecule has 0 aromatic heterocycles. The first-order valence-electron chi connectivity index (χ1n) is 6.99. The summed E-state index contributed by atoms with van der Waals surface area (Å²) in [5.74, 6) is -0.147. The molecule has 1 fully saturated rings. The highest BCUT2D eigenvalue weighted by atomic mass is 32.2. The largest absolute Gasteiger partial charge is 0.289 e. The quantitative estimate of drug-likeness (QED) is 0.263. The summed E-state index contributed by atoms with van der Waals surface area (Å²) in [6.07, 6.45) is 3.25. The van der Waals surface area contributed by atoms with Crippen molar-refractivity contribution < 1.29 is 9.72 Å². The standard InChI is InChI=1S/C16H16N2O3S2/c1-4-7-17-15(19)14(23-16(17)22)9-11-5-6-12(10(2)3)13(8-11)18(20)21/h4-6,8-10H,1,7H2,2-3H3. The average Bonchev–Trinajstić information content (AvgIpc) is 2.75. The van der Waals surface area contributed by atoms with Gasteiger partial charge in [0.1, 0.15) is 4.32 Å². The van der Waals surface area contributed by atoms with Crippen molar-refractivity contribution in [1.82, 2.24) is 4.90 Å². The van der Waals surface area contributed by atoms with Crippen molar-refractivity contribution in [2.24, 2.45) is 0 Å². The van der Waals surface area contributed by atoms with Crippen LogP contribution in [-0.2, 0) is 4.79 Å². The molecule has 120 valence electrons. The van der Waals surface area contributed by atoms with E-state index in [9.17, 15) is 14.9 Å². The second-order valence-electron chi connectivity index (χ2n) is 5.31. The van der Waals surface area contributed by atoms with E-state index in [-0.39, 0.29) is 17.5 Å². The van der Waals surface area contributed by atoms with E-state index < -0.39 is 4.92 Å². The topological polar surface area (TPSA) is 63.5 Å². The van der Waals surface area contributed by atoms with Crippen LogP contribution < -0.4 is 0 Å². The van der Waals surface area contributed by atoms with Crippen LogP contribution in [0.3, 0.4) is 0 Å². The van der Waals surface area contributed by atoms with Gasteiger partial charge in [-0.3, -0.25) is 19.8 Å². The molecule has 1 amide bonds. The van der Waals surface area contributed by atoms with Crippen molar-refractivity contribution in [3.8, 4) is 0 Å². The minimum Gasteiger partial charge on any atom is -0.289 e. The van der Waals surface area contributed by atoms with Crippen LogP contribution in [-0.4, -0.2) is 26.6 Å². The molecule has 1 aromatic carbocycles. The van der Waals surface area contributed by atoms with Gasteiger partial charge in [-0.1, -0.05) is 56.0 Å². The molecule has 0 saturated carbocycles. The number of hydrogen-bond donors (Lipinski definition) is 0. The maximum atomic E-state index is 12.3. The Labute approximate surface area is 144 Å². The molecule has 0 bridgehead atoms. The third-order valence-corrected chi connectivity index (χ3v) is 4.73. The Hall–Kier alpha value is -1.99. The average molecular weight is 348 g/mol. The van der Waals surface area contributed by atoms with Gasteiger partial charge in [0, 0.05) is 18.2 Å². The molecular weight excluding hydrogens is 332 g/mol. The molecule has 1 saturated heterocycles. The highest BCUT2D eigenvalue weighted by molar-refractivity contribution is 8.26. The van der Waals surface area contributed by atoms with E-state index in [1.54, 1.807) is 24.3 Å². The summed E-state index contributed by atoms with van der Waals surface area (Å²) in [7, 11) is 0. The number of nitro groups is 1. The molecule has 5 nitrogen and oxygen atoms in total. The number of amides is 1. The van der Waals surface area contributed by atoms with Crippen molar-refractivity contribution >= 4 is 46.0 Å². The van der Waals surface area contributed by atoms with Crippen molar-refractivity contribution in [2.45, 2.75) is 19.8 Å². The Balaban J connectivity index is 2.38. The first kappa shape index (κ1) is 17.4. The van der Waals surface area contributed by atoms with Crippen molar-refractivity contribution in [2.75, 3.05) is 6.54 Å². The Morgan fingerprint density at radius 1 is 1.48 bits per heavy atom. The molecule has 0 N–H and O–H groups in total. The molecular formula is C16H16N2O3S2. The Morgan fingerprint density at radius 3 is 2.74 bits per heavy atom. The lowest BCUT2D eigenvalue weighted by Crippen LogP contribution is -2.27. The number of carbonyl (C=O) groups is 1. The van der Waals surface area contributed by atoms with Gasteiger partial charge in [0.25, 0.3) is 11.6 Å². The molecule has 0 unspecified atom stereocenters. The second-order valence-corrected chi connectivity index (χ2v) is 6.99. The lowest BCUT2D eigenvalue weighted by atomic mass is 9.99. The summed E-state index contributed by atoms with van der Waals surface area (Å²) in [6, 6.07) is 5.01. The molecule has 1 aliphatic rings. The van der Waals surface area contributed by atoms with Crippen molar-refractivity contribution in [1.29, 1.82) is 0 Å². The second kappa shape index (κ2) is 7.06. The Bertz CT molecular complexity index is 726. The fourth-order valence-corrected chi connectivity index (χ4v) is 3.51. The third kappa shape index (κ3) is 3.68. The SMILES string of the molecule is C=CCN1C(=O)C(=Cc2ccc(C(C)C)c([N+](=O)[O-])c2)SC1=S. The van der Waals surface area contributed by atoms with E-state index in [1.807, 2.05) is 13.8 Å². The molecule has 1 heterocycles. The van der Waals surface area contributed by atoms with Crippen molar-refractivity contribution in [3.05, 3.63) is 57.0 Å². The van der Waals surface area contributed by atoms with Gasteiger partial charge in [-0.05, 0) is 17.6 Å². The number of hydrogen-bond acceptors (Lipinski definition) is 5. The third-order valence-electron chi connectivity index (χ3n) is 3.36. The number of thiocarbonyl (C=S) groups is 1. The van der Waals surface area contributed by atoms with Crippen LogP contribution >= 0.6 is 24.0 Å². The van der Waals surface area contributed by atoms with Crippen LogP contribution in [0.2, 0.25) is 0 Å². The van der Waals surface area contributed by atoms with Gasteiger partial charge in [0.15, 0.2) is 0 Å². The highest BCUT2D eigenvalue weighted by Crippen LogP contribution is 2.34. The molecule has 0 aliphatic carbocycles. The minimum absolute atomic E-state index is 0.0512. The van der Waals surface area contributed by atoms with E-state index in [2.05, 4.69) is 6.58 Å². The minimum atomic E-state index is -0.393. The van der Waals surface area contributed by atoms with Gasteiger partial charge in [-0.2, -0.15) is 0 Å². The van der Waals surface area contributed by atoms with Gasteiger partial charge in [0.05, 0.1) is 9.83 Å². The summed E-state index contributed by atoms with van der Waals surface area (Å²) >= 11 is 6.36. The van der Waals surface area contributed by atoms with Crippen LogP contribution in [0.5, 0.6) is 0 Å². The first-order valence-corrected chi connectivity index (χ1v) is 8.22. The van der Waals surface area contributed by atoms with Crippen LogP contribution in [0.15, 0.2) is 35.8 Å². The molecule has 0 radical (unpaired) electrons.